The number of ether oxygens (including phenoxy) is 1. The Hall–Kier alpha value is -1.20. The van der Waals surface area contributed by atoms with Crippen LogP contribution in [-0.2, 0) is 11.3 Å². The molecular formula is C9H13N3O2. The number of hydrogen-bond donors (Lipinski definition) is 1. The van der Waals surface area contributed by atoms with Crippen LogP contribution in [0.4, 0.5) is 5.82 Å². The Bertz CT molecular complexity index is 300. The van der Waals surface area contributed by atoms with E-state index in [4.69, 9.17) is 9.84 Å². The molecule has 1 aromatic rings. The molecule has 0 amide bonds. The molecule has 0 atom stereocenters. The van der Waals surface area contributed by atoms with E-state index in [1.54, 1.807) is 0 Å². The van der Waals surface area contributed by atoms with E-state index >= 15 is 0 Å². The maximum Gasteiger partial charge on any atom is 0.132 e. The zero-order chi connectivity index (χ0) is 9.80. The van der Waals surface area contributed by atoms with Gasteiger partial charge >= 0.3 is 0 Å². The van der Waals surface area contributed by atoms with Crippen molar-refractivity contribution in [2.24, 2.45) is 0 Å². The third kappa shape index (κ3) is 2.00. The minimum Gasteiger partial charge on any atom is -0.390 e. The average molecular weight is 195 g/mol. The van der Waals surface area contributed by atoms with Gasteiger partial charge in [-0.05, 0) is 0 Å². The summed E-state index contributed by atoms with van der Waals surface area (Å²) in [7, 11) is 0. The molecule has 1 fully saturated rings. The fourth-order valence-electron chi connectivity index (χ4n) is 1.44. The van der Waals surface area contributed by atoms with Crippen LogP contribution in [0, 0.1) is 0 Å². The van der Waals surface area contributed by atoms with E-state index in [0.717, 1.165) is 32.1 Å². The van der Waals surface area contributed by atoms with Gasteiger partial charge in [0.25, 0.3) is 0 Å². The number of aliphatic hydroxyl groups is 1. The van der Waals surface area contributed by atoms with E-state index in [0.29, 0.717) is 5.69 Å². The van der Waals surface area contributed by atoms with Crippen LogP contribution in [0.15, 0.2) is 12.4 Å². The highest BCUT2D eigenvalue weighted by molar-refractivity contribution is 5.38. The Balaban J connectivity index is 2.13. The van der Waals surface area contributed by atoms with Crippen LogP contribution in [0.1, 0.15) is 5.69 Å². The monoisotopic (exact) mass is 195 g/mol. The van der Waals surface area contributed by atoms with Crippen molar-refractivity contribution < 1.29 is 9.84 Å². The van der Waals surface area contributed by atoms with E-state index in [-0.39, 0.29) is 6.61 Å². The lowest BCUT2D eigenvalue weighted by Crippen LogP contribution is -2.36. The summed E-state index contributed by atoms with van der Waals surface area (Å²) in [4.78, 5) is 10.2. The van der Waals surface area contributed by atoms with Crippen LogP contribution >= 0.6 is 0 Å². The van der Waals surface area contributed by atoms with Crippen molar-refractivity contribution in [1.82, 2.24) is 9.97 Å². The SMILES string of the molecule is OCc1cc(N2CCOCC2)ncn1. The van der Waals surface area contributed by atoms with Crippen molar-refractivity contribution in [2.75, 3.05) is 31.2 Å². The standard InChI is InChI=1S/C9H13N3O2/c13-6-8-5-9(11-7-10-8)12-1-3-14-4-2-12/h5,7,13H,1-4,6H2. The van der Waals surface area contributed by atoms with Gasteiger partial charge in [0.1, 0.15) is 12.1 Å². The van der Waals surface area contributed by atoms with Crippen LogP contribution in [-0.4, -0.2) is 41.4 Å². The first-order chi connectivity index (χ1) is 6.90. The Morgan fingerprint density at radius 3 is 2.86 bits per heavy atom. The van der Waals surface area contributed by atoms with E-state index in [2.05, 4.69) is 14.9 Å². The minimum atomic E-state index is -0.0418. The first-order valence-electron chi connectivity index (χ1n) is 4.64. The Morgan fingerprint density at radius 1 is 1.36 bits per heavy atom. The van der Waals surface area contributed by atoms with Gasteiger partial charge < -0.3 is 14.7 Å². The first kappa shape index (κ1) is 9.36. The first-order valence-corrected chi connectivity index (χ1v) is 4.64. The van der Waals surface area contributed by atoms with Crippen LogP contribution in [0.25, 0.3) is 0 Å². The quantitative estimate of drug-likeness (QED) is 0.708. The summed E-state index contributed by atoms with van der Waals surface area (Å²) < 4.78 is 5.24. The molecule has 1 N–H and O–H groups in total. The molecule has 2 rings (SSSR count). The highest BCUT2D eigenvalue weighted by Crippen LogP contribution is 2.12. The molecule has 0 saturated carbocycles. The maximum atomic E-state index is 8.93. The predicted molar refractivity (Wildman–Crippen MR) is 51.0 cm³/mol. The Morgan fingerprint density at radius 2 is 2.14 bits per heavy atom. The molecular weight excluding hydrogens is 182 g/mol. The van der Waals surface area contributed by atoms with E-state index in [1.165, 1.54) is 6.33 Å². The van der Waals surface area contributed by atoms with Crippen molar-refractivity contribution in [3.63, 3.8) is 0 Å². The number of rotatable bonds is 2. The number of aliphatic hydroxyl groups excluding tert-OH is 1. The molecule has 1 aromatic heterocycles. The average Bonchev–Trinajstić information content (AvgIpc) is 2.30. The normalized spacial score (nSPS) is 17.1. The van der Waals surface area contributed by atoms with Gasteiger partial charge in [0.2, 0.25) is 0 Å². The minimum absolute atomic E-state index is 0.0418. The predicted octanol–water partition coefficient (Wildman–Crippen LogP) is -0.195. The summed E-state index contributed by atoms with van der Waals surface area (Å²) in [5, 5.41) is 8.93. The van der Waals surface area contributed by atoms with Crippen LogP contribution in [0.2, 0.25) is 0 Å². The third-order valence-corrected chi connectivity index (χ3v) is 2.21. The second-order valence-electron chi connectivity index (χ2n) is 3.13. The molecule has 1 aliphatic heterocycles. The fourth-order valence-corrected chi connectivity index (χ4v) is 1.44. The zero-order valence-corrected chi connectivity index (χ0v) is 7.89. The van der Waals surface area contributed by atoms with Gasteiger partial charge in [-0.15, -0.1) is 0 Å². The molecule has 76 valence electrons. The zero-order valence-electron chi connectivity index (χ0n) is 7.89. The van der Waals surface area contributed by atoms with Crippen molar-refractivity contribution in [3.8, 4) is 0 Å². The van der Waals surface area contributed by atoms with Crippen molar-refractivity contribution >= 4 is 5.82 Å². The summed E-state index contributed by atoms with van der Waals surface area (Å²) in [5.74, 6) is 0.868. The molecule has 1 aliphatic rings. The number of nitrogens with zero attached hydrogens (tertiary/aromatic N) is 3. The number of morpholine rings is 1. The van der Waals surface area contributed by atoms with Crippen molar-refractivity contribution in [2.45, 2.75) is 6.61 Å². The molecule has 0 bridgehead atoms. The molecule has 0 aliphatic carbocycles. The smallest absolute Gasteiger partial charge is 0.132 e. The summed E-state index contributed by atoms with van der Waals surface area (Å²) in [5.41, 5.74) is 0.654. The van der Waals surface area contributed by atoms with Gasteiger partial charge in [-0.3, -0.25) is 0 Å². The topological polar surface area (TPSA) is 58.5 Å². The fraction of sp³-hybridized carbons (Fsp3) is 0.556. The van der Waals surface area contributed by atoms with Gasteiger partial charge in [-0.2, -0.15) is 0 Å². The third-order valence-electron chi connectivity index (χ3n) is 2.21. The molecule has 0 radical (unpaired) electrons. The van der Waals surface area contributed by atoms with Gasteiger partial charge in [0, 0.05) is 19.2 Å². The van der Waals surface area contributed by atoms with Crippen LogP contribution in [0.5, 0.6) is 0 Å². The van der Waals surface area contributed by atoms with Gasteiger partial charge in [0.15, 0.2) is 0 Å². The summed E-state index contributed by atoms with van der Waals surface area (Å²) in [6.07, 6.45) is 1.48. The number of hydrogen-bond acceptors (Lipinski definition) is 5. The lowest BCUT2D eigenvalue weighted by molar-refractivity contribution is 0.122. The lowest BCUT2D eigenvalue weighted by Gasteiger charge is -2.27. The molecule has 14 heavy (non-hydrogen) atoms. The molecule has 0 unspecified atom stereocenters. The largest absolute Gasteiger partial charge is 0.390 e. The number of aromatic nitrogens is 2. The summed E-state index contributed by atoms with van der Waals surface area (Å²) in [6, 6.07) is 1.81. The highest BCUT2D eigenvalue weighted by atomic mass is 16.5. The van der Waals surface area contributed by atoms with Crippen LogP contribution < -0.4 is 4.90 Å². The Kier molecular flexibility index (Phi) is 2.90. The molecule has 0 aromatic carbocycles. The van der Waals surface area contributed by atoms with Crippen LogP contribution in [0.3, 0.4) is 0 Å². The van der Waals surface area contributed by atoms with Gasteiger partial charge in [-0.1, -0.05) is 0 Å². The van der Waals surface area contributed by atoms with E-state index in [1.807, 2.05) is 6.07 Å². The van der Waals surface area contributed by atoms with Crippen molar-refractivity contribution in [3.05, 3.63) is 18.1 Å². The summed E-state index contributed by atoms with van der Waals surface area (Å²) >= 11 is 0. The molecule has 5 nitrogen and oxygen atoms in total. The maximum absolute atomic E-state index is 8.93. The van der Waals surface area contributed by atoms with Gasteiger partial charge in [-0.25, -0.2) is 9.97 Å². The molecule has 5 heteroatoms. The molecule has 2 heterocycles. The lowest BCUT2D eigenvalue weighted by atomic mass is 10.3. The van der Waals surface area contributed by atoms with E-state index < -0.39 is 0 Å². The Labute approximate surface area is 82.4 Å². The van der Waals surface area contributed by atoms with Gasteiger partial charge in [0.05, 0.1) is 25.5 Å². The molecule has 0 spiro atoms. The summed E-state index contributed by atoms with van der Waals surface area (Å²) in [6.45, 7) is 3.13. The second kappa shape index (κ2) is 4.34. The second-order valence-corrected chi connectivity index (χ2v) is 3.13. The molecule has 1 saturated heterocycles. The van der Waals surface area contributed by atoms with Crippen molar-refractivity contribution in [1.29, 1.82) is 0 Å². The van der Waals surface area contributed by atoms with E-state index in [9.17, 15) is 0 Å². The number of anilines is 1. The highest BCUT2D eigenvalue weighted by Gasteiger charge is 2.12.